The summed E-state index contributed by atoms with van der Waals surface area (Å²) in [6, 6.07) is 6.70. The Morgan fingerprint density at radius 2 is 2.21 bits per heavy atom. The first kappa shape index (κ1) is 13.8. The summed E-state index contributed by atoms with van der Waals surface area (Å²) in [5.41, 5.74) is 6.71. The number of benzene rings is 1. The molecule has 0 bridgehead atoms. The van der Waals surface area contributed by atoms with Crippen LogP contribution in [0.2, 0.25) is 0 Å². The number of carbonyl (C=O) groups excluding carboxylic acids is 1. The van der Waals surface area contributed by atoms with Crippen molar-refractivity contribution < 1.29 is 14.3 Å². The summed E-state index contributed by atoms with van der Waals surface area (Å²) in [6.45, 7) is 5.84. The molecule has 104 valence electrons. The van der Waals surface area contributed by atoms with Crippen LogP contribution in [-0.2, 0) is 9.47 Å². The molecular weight excluding hydrogens is 244 g/mol. The smallest absolute Gasteiger partial charge is 0.338 e. The third-order valence-corrected chi connectivity index (χ3v) is 3.22. The van der Waals surface area contributed by atoms with Gasteiger partial charge >= 0.3 is 5.97 Å². The van der Waals surface area contributed by atoms with Gasteiger partial charge in [-0.2, -0.15) is 0 Å². The Labute approximate surface area is 113 Å². The molecule has 0 saturated carbocycles. The minimum absolute atomic E-state index is 0.0357. The molecule has 1 aliphatic heterocycles. The van der Waals surface area contributed by atoms with Gasteiger partial charge in [0.2, 0.25) is 0 Å². The zero-order chi connectivity index (χ0) is 13.7. The van der Waals surface area contributed by atoms with Gasteiger partial charge in [-0.1, -0.05) is 6.92 Å². The lowest BCUT2D eigenvalue weighted by molar-refractivity contribution is -0.0578. The van der Waals surface area contributed by atoms with Crippen molar-refractivity contribution in [3.05, 3.63) is 29.8 Å². The monoisotopic (exact) mass is 264 g/mol. The second-order valence-corrected chi connectivity index (χ2v) is 4.61. The SMILES string of the molecule is CCN1CCOC(COC(=O)c2ccc(N)cc2)C1. The molecule has 19 heavy (non-hydrogen) atoms. The van der Waals surface area contributed by atoms with Gasteiger partial charge in [0.05, 0.1) is 12.2 Å². The minimum atomic E-state index is -0.336. The Kier molecular flexibility index (Phi) is 4.76. The molecule has 1 atom stereocenters. The van der Waals surface area contributed by atoms with E-state index in [2.05, 4.69) is 11.8 Å². The van der Waals surface area contributed by atoms with E-state index in [0.29, 0.717) is 24.5 Å². The zero-order valence-corrected chi connectivity index (χ0v) is 11.2. The van der Waals surface area contributed by atoms with Crippen LogP contribution in [0.15, 0.2) is 24.3 Å². The number of nitrogens with zero attached hydrogens (tertiary/aromatic N) is 1. The van der Waals surface area contributed by atoms with E-state index < -0.39 is 0 Å². The molecule has 2 rings (SSSR count). The quantitative estimate of drug-likeness (QED) is 0.652. The number of ether oxygens (including phenoxy) is 2. The first-order valence-corrected chi connectivity index (χ1v) is 6.55. The number of hydrogen-bond acceptors (Lipinski definition) is 5. The summed E-state index contributed by atoms with van der Waals surface area (Å²) in [5.74, 6) is -0.336. The van der Waals surface area contributed by atoms with Crippen LogP contribution in [0.4, 0.5) is 5.69 Å². The van der Waals surface area contributed by atoms with E-state index in [1.165, 1.54) is 0 Å². The van der Waals surface area contributed by atoms with Crippen molar-refractivity contribution in [2.75, 3.05) is 38.6 Å². The topological polar surface area (TPSA) is 64.8 Å². The summed E-state index contributed by atoms with van der Waals surface area (Å²) < 4.78 is 10.8. The van der Waals surface area contributed by atoms with Gasteiger partial charge in [-0.25, -0.2) is 4.79 Å². The molecule has 0 aliphatic carbocycles. The van der Waals surface area contributed by atoms with Gasteiger partial charge in [0.15, 0.2) is 0 Å². The molecule has 1 aromatic carbocycles. The predicted octanol–water partition coefficient (Wildman–Crippen LogP) is 1.15. The van der Waals surface area contributed by atoms with E-state index in [9.17, 15) is 4.79 Å². The van der Waals surface area contributed by atoms with Crippen LogP contribution in [0.3, 0.4) is 0 Å². The number of anilines is 1. The van der Waals surface area contributed by atoms with E-state index in [0.717, 1.165) is 19.6 Å². The van der Waals surface area contributed by atoms with E-state index in [1.54, 1.807) is 24.3 Å². The predicted molar refractivity (Wildman–Crippen MR) is 73.0 cm³/mol. The molecule has 5 nitrogen and oxygen atoms in total. The maximum absolute atomic E-state index is 11.8. The van der Waals surface area contributed by atoms with Crippen LogP contribution < -0.4 is 5.73 Å². The van der Waals surface area contributed by atoms with E-state index >= 15 is 0 Å². The maximum atomic E-state index is 11.8. The summed E-state index contributed by atoms with van der Waals surface area (Å²) in [4.78, 5) is 14.1. The molecule has 1 aliphatic rings. The number of likely N-dealkylation sites (N-methyl/N-ethyl adjacent to an activating group) is 1. The zero-order valence-electron chi connectivity index (χ0n) is 11.2. The lowest BCUT2D eigenvalue weighted by Gasteiger charge is -2.31. The average Bonchev–Trinajstić information content (AvgIpc) is 2.46. The molecule has 0 amide bonds. The van der Waals surface area contributed by atoms with Crippen molar-refractivity contribution in [1.82, 2.24) is 4.90 Å². The van der Waals surface area contributed by atoms with Gasteiger partial charge in [0.1, 0.15) is 12.7 Å². The van der Waals surface area contributed by atoms with E-state index in [4.69, 9.17) is 15.2 Å². The normalized spacial score (nSPS) is 20.2. The summed E-state index contributed by atoms with van der Waals surface area (Å²) >= 11 is 0. The third kappa shape index (κ3) is 3.94. The maximum Gasteiger partial charge on any atom is 0.338 e. The molecule has 5 heteroatoms. The number of morpholine rings is 1. The van der Waals surface area contributed by atoms with Gasteiger partial charge in [0, 0.05) is 18.8 Å². The van der Waals surface area contributed by atoms with E-state index in [1.807, 2.05) is 0 Å². The Hall–Kier alpha value is -1.59. The Morgan fingerprint density at radius 1 is 1.47 bits per heavy atom. The van der Waals surface area contributed by atoms with Gasteiger partial charge in [-0.05, 0) is 30.8 Å². The molecule has 1 heterocycles. The molecule has 1 saturated heterocycles. The number of nitrogens with two attached hydrogens (primary N) is 1. The molecule has 2 N–H and O–H groups in total. The van der Waals surface area contributed by atoms with Crippen LogP contribution in [0.1, 0.15) is 17.3 Å². The second kappa shape index (κ2) is 6.54. The van der Waals surface area contributed by atoms with Gasteiger partial charge < -0.3 is 15.2 Å². The van der Waals surface area contributed by atoms with Crippen molar-refractivity contribution in [1.29, 1.82) is 0 Å². The number of esters is 1. The van der Waals surface area contributed by atoms with Gasteiger partial charge in [0.25, 0.3) is 0 Å². The highest BCUT2D eigenvalue weighted by atomic mass is 16.6. The Bertz CT molecular complexity index is 419. The standard InChI is InChI=1S/C14H20N2O3/c1-2-16-7-8-18-13(9-16)10-19-14(17)11-3-5-12(15)6-4-11/h3-6,13H,2,7-10,15H2,1H3. The average molecular weight is 264 g/mol. The lowest BCUT2D eigenvalue weighted by atomic mass is 10.2. The van der Waals surface area contributed by atoms with Crippen molar-refractivity contribution >= 4 is 11.7 Å². The second-order valence-electron chi connectivity index (χ2n) is 4.61. The van der Waals surface area contributed by atoms with E-state index in [-0.39, 0.29) is 12.1 Å². The van der Waals surface area contributed by atoms with Crippen molar-refractivity contribution in [3.8, 4) is 0 Å². The fourth-order valence-corrected chi connectivity index (χ4v) is 2.04. The summed E-state index contributed by atoms with van der Waals surface area (Å²) in [5, 5.41) is 0. The number of rotatable bonds is 4. The van der Waals surface area contributed by atoms with Gasteiger partial charge in [-0.15, -0.1) is 0 Å². The van der Waals surface area contributed by atoms with Crippen LogP contribution in [0.5, 0.6) is 0 Å². The number of nitrogen functional groups attached to an aromatic ring is 1. The van der Waals surface area contributed by atoms with Crippen LogP contribution >= 0.6 is 0 Å². The van der Waals surface area contributed by atoms with Crippen LogP contribution in [0, 0.1) is 0 Å². The van der Waals surface area contributed by atoms with Crippen molar-refractivity contribution in [3.63, 3.8) is 0 Å². The van der Waals surface area contributed by atoms with Crippen molar-refractivity contribution in [2.24, 2.45) is 0 Å². The molecule has 1 fully saturated rings. The number of carbonyl (C=O) groups is 1. The summed E-state index contributed by atoms with van der Waals surface area (Å²) in [6.07, 6.45) is -0.0357. The van der Waals surface area contributed by atoms with Crippen molar-refractivity contribution in [2.45, 2.75) is 13.0 Å². The third-order valence-electron chi connectivity index (χ3n) is 3.22. The summed E-state index contributed by atoms with van der Waals surface area (Å²) in [7, 11) is 0. The highest BCUT2D eigenvalue weighted by molar-refractivity contribution is 5.89. The first-order valence-electron chi connectivity index (χ1n) is 6.55. The minimum Gasteiger partial charge on any atom is -0.459 e. The molecule has 1 unspecified atom stereocenters. The highest BCUT2D eigenvalue weighted by Gasteiger charge is 2.21. The molecule has 1 aromatic rings. The Morgan fingerprint density at radius 3 is 2.89 bits per heavy atom. The van der Waals surface area contributed by atoms with Crippen LogP contribution in [0.25, 0.3) is 0 Å². The molecule has 0 spiro atoms. The number of hydrogen-bond donors (Lipinski definition) is 1. The first-order chi connectivity index (χ1) is 9.19. The largest absolute Gasteiger partial charge is 0.459 e. The lowest BCUT2D eigenvalue weighted by Crippen LogP contribution is -2.44. The molecule has 0 aromatic heterocycles. The van der Waals surface area contributed by atoms with Crippen LogP contribution in [-0.4, -0.2) is 49.8 Å². The fourth-order valence-electron chi connectivity index (χ4n) is 2.04. The highest BCUT2D eigenvalue weighted by Crippen LogP contribution is 2.09. The molecular formula is C14H20N2O3. The van der Waals surface area contributed by atoms with Gasteiger partial charge in [-0.3, -0.25) is 4.90 Å². The fraction of sp³-hybridized carbons (Fsp3) is 0.500. The Balaban J connectivity index is 1.81. The molecule has 0 radical (unpaired) electrons.